The molecule has 0 saturated heterocycles. The van der Waals surface area contributed by atoms with Gasteiger partial charge in [-0.2, -0.15) is 0 Å². The van der Waals surface area contributed by atoms with Gasteiger partial charge in [0.15, 0.2) is 17.5 Å². The molecule has 0 bridgehead atoms. The minimum absolute atomic E-state index is 0.555. The van der Waals surface area contributed by atoms with Crippen LogP contribution in [-0.4, -0.2) is 19.9 Å². The van der Waals surface area contributed by atoms with Gasteiger partial charge in [0.25, 0.3) is 0 Å². The van der Waals surface area contributed by atoms with E-state index in [9.17, 15) is 0 Å². The van der Waals surface area contributed by atoms with E-state index in [1.54, 1.807) is 0 Å². The molecule has 0 saturated carbocycles. The molecule has 12 rings (SSSR count). The molecule has 0 N–H and O–H groups in total. The summed E-state index contributed by atoms with van der Waals surface area (Å²) in [5.41, 5.74) is 13.5. The van der Waals surface area contributed by atoms with Crippen molar-refractivity contribution >= 4 is 31.5 Å². The number of rotatable bonds is 7. The van der Waals surface area contributed by atoms with Crippen LogP contribution in [0.1, 0.15) is 22.3 Å². The number of pyridine rings is 1. The lowest BCUT2D eigenvalue weighted by atomic mass is 9.67. The van der Waals surface area contributed by atoms with E-state index in [1.807, 2.05) is 23.6 Å². The third-order valence-electron chi connectivity index (χ3n) is 12.3. The number of hydrogen-bond acceptors (Lipinski definition) is 5. The normalized spacial score (nSPS) is 12.6. The average Bonchev–Trinajstić information content (AvgIpc) is 3.89. The highest BCUT2D eigenvalue weighted by molar-refractivity contribution is 7.26. The van der Waals surface area contributed by atoms with Crippen molar-refractivity contribution in [2.75, 3.05) is 0 Å². The fraction of sp³-hybridized carbons (Fsp3) is 0.0175. The van der Waals surface area contributed by atoms with Crippen molar-refractivity contribution in [3.8, 4) is 67.7 Å². The van der Waals surface area contributed by atoms with Gasteiger partial charge in [-0.05, 0) is 62.7 Å². The molecule has 0 atom stereocenters. The minimum Gasteiger partial charge on any atom is -0.255 e. The van der Waals surface area contributed by atoms with Crippen molar-refractivity contribution in [3.63, 3.8) is 0 Å². The van der Waals surface area contributed by atoms with Crippen LogP contribution in [0.15, 0.2) is 219 Å². The lowest BCUT2D eigenvalue weighted by Crippen LogP contribution is -2.28. The monoisotopic (exact) mass is 808 g/mol. The molecule has 8 aromatic carbocycles. The Labute approximate surface area is 363 Å². The first-order valence-corrected chi connectivity index (χ1v) is 21.7. The molecule has 3 heterocycles. The molecule has 1 aliphatic carbocycles. The highest BCUT2D eigenvalue weighted by atomic mass is 32.1. The van der Waals surface area contributed by atoms with E-state index >= 15 is 0 Å². The summed E-state index contributed by atoms with van der Waals surface area (Å²) in [5.74, 6) is 1.77. The van der Waals surface area contributed by atoms with Crippen molar-refractivity contribution in [1.82, 2.24) is 19.9 Å². The molecule has 0 spiro atoms. The molecular weight excluding hydrogens is 773 g/mol. The van der Waals surface area contributed by atoms with E-state index in [4.69, 9.17) is 19.9 Å². The summed E-state index contributed by atoms with van der Waals surface area (Å²) in [4.78, 5) is 21.1. The lowest BCUT2D eigenvalue weighted by molar-refractivity contribution is 0.768. The van der Waals surface area contributed by atoms with Gasteiger partial charge < -0.3 is 0 Å². The largest absolute Gasteiger partial charge is 0.255 e. The number of fused-ring (bicyclic) bond motifs is 6. The van der Waals surface area contributed by atoms with Gasteiger partial charge in [0.05, 0.1) is 11.1 Å². The molecule has 3 aromatic heterocycles. The first-order valence-electron chi connectivity index (χ1n) is 20.9. The number of hydrogen-bond donors (Lipinski definition) is 0. The highest BCUT2D eigenvalue weighted by Gasteiger charge is 2.47. The van der Waals surface area contributed by atoms with Crippen LogP contribution in [0.5, 0.6) is 0 Å². The molecule has 0 aliphatic heterocycles. The Morgan fingerprint density at radius 1 is 0.355 bits per heavy atom. The predicted octanol–water partition coefficient (Wildman–Crippen LogP) is 14.3. The van der Waals surface area contributed by atoms with Crippen LogP contribution in [0.3, 0.4) is 0 Å². The van der Waals surface area contributed by atoms with Gasteiger partial charge in [-0.15, -0.1) is 11.3 Å². The summed E-state index contributed by atoms with van der Waals surface area (Å²) < 4.78 is 2.50. The van der Waals surface area contributed by atoms with Crippen molar-refractivity contribution in [1.29, 1.82) is 0 Å². The van der Waals surface area contributed by atoms with Gasteiger partial charge in [0.1, 0.15) is 0 Å². The molecule has 11 aromatic rings. The summed E-state index contributed by atoms with van der Waals surface area (Å²) in [7, 11) is 0. The van der Waals surface area contributed by atoms with E-state index in [0.717, 1.165) is 44.6 Å². The second-order valence-corrected chi connectivity index (χ2v) is 16.7. The van der Waals surface area contributed by atoms with Crippen molar-refractivity contribution < 1.29 is 0 Å². The van der Waals surface area contributed by atoms with Crippen LogP contribution in [0.25, 0.3) is 87.8 Å². The second kappa shape index (κ2) is 14.7. The van der Waals surface area contributed by atoms with E-state index in [1.165, 1.54) is 48.0 Å². The molecule has 5 heteroatoms. The van der Waals surface area contributed by atoms with Gasteiger partial charge in [0.2, 0.25) is 0 Å². The zero-order chi connectivity index (χ0) is 41.0. The summed E-state index contributed by atoms with van der Waals surface area (Å²) in [6.07, 6.45) is 1.91. The maximum absolute atomic E-state index is 5.41. The first kappa shape index (κ1) is 36.0. The van der Waals surface area contributed by atoms with Gasteiger partial charge >= 0.3 is 0 Å². The standard InChI is InChI=1S/C57H36N4S/c1-4-18-37(19-5-1)41-24-10-11-26-44(41)55-59-54(38-34-35-50(58-36-38)46-29-16-28-43-42-25-13-15-33-51(42)62-53(43)46)60-56(61-55)47-30-17-32-49-52(47)45-27-12-14-31-48(45)57(49,39-20-6-2-7-21-39)40-22-8-3-9-23-40/h1-36H. The van der Waals surface area contributed by atoms with Crippen molar-refractivity contribution in [3.05, 3.63) is 241 Å². The van der Waals surface area contributed by atoms with Crippen molar-refractivity contribution in [2.24, 2.45) is 0 Å². The number of thiophene rings is 1. The zero-order valence-corrected chi connectivity index (χ0v) is 34.3. The van der Waals surface area contributed by atoms with Gasteiger partial charge in [-0.1, -0.05) is 194 Å². The van der Waals surface area contributed by atoms with E-state index in [-0.39, 0.29) is 0 Å². The maximum atomic E-state index is 5.41. The first-order chi connectivity index (χ1) is 30.8. The van der Waals surface area contributed by atoms with Crippen LogP contribution in [0, 0.1) is 0 Å². The molecule has 1 aliphatic rings. The summed E-state index contributed by atoms with van der Waals surface area (Å²) >= 11 is 1.81. The SMILES string of the molecule is c1ccc(-c2ccccc2-c2nc(-c3ccc(-c4cccc5c4sc4ccccc45)nc3)nc(-c3cccc4c3-c3ccccc3C4(c3ccccc3)c3ccccc3)n2)cc1. The Balaban J connectivity index is 1.08. The fourth-order valence-corrected chi connectivity index (χ4v) is 10.8. The maximum Gasteiger partial charge on any atom is 0.165 e. The zero-order valence-electron chi connectivity index (χ0n) is 33.5. The van der Waals surface area contributed by atoms with Crippen molar-refractivity contribution in [2.45, 2.75) is 5.41 Å². The van der Waals surface area contributed by atoms with E-state index in [2.05, 4.69) is 206 Å². The van der Waals surface area contributed by atoms with E-state index in [0.29, 0.717) is 17.5 Å². The van der Waals surface area contributed by atoms with E-state index < -0.39 is 5.41 Å². The molecule has 0 fully saturated rings. The summed E-state index contributed by atoms with van der Waals surface area (Å²) in [6.45, 7) is 0. The van der Waals surface area contributed by atoms with Gasteiger partial charge in [0, 0.05) is 48.6 Å². The fourth-order valence-electron chi connectivity index (χ4n) is 9.61. The van der Waals surface area contributed by atoms with Crippen LogP contribution in [0.4, 0.5) is 0 Å². The number of benzene rings is 8. The highest BCUT2D eigenvalue weighted by Crippen LogP contribution is 2.58. The second-order valence-electron chi connectivity index (χ2n) is 15.7. The number of nitrogens with zero attached hydrogens (tertiary/aromatic N) is 4. The van der Waals surface area contributed by atoms with Crippen LogP contribution < -0.4 is 0 Å². The Morgan fingerprint density at radius 2 is 0.903 bits per heavy atom. The molecular formula is C57H36N4S. The third kappa shape index (κ3) is 5.67. The quantitative estimate of drug-likeness (QED) is 0.161. The minimum atomic E-state index is -0.555. The lowest BCUT2D eigenvalue weighted by Gasteiger charge is -2.33. The molecule has 4 nitrogen and oxygen atoms in total. The molecule has 290 valence electrons. The topological polar surface area (TPSA) is 51.6 Å². The van der Waals surface area contributed by atoms with Crippen LogP contribution in [0.2, 0.25) is 0 Å². The van der Waals surface area contributed by atoms with Gasteiger partial charge in [-0.25, -0.2) is 15.0 Å². The summed E-state index contributed by atoms with van der Waals surface area (Å²) in [6, 6.07) is 75.3. The Morgan fingerprint density at radius 3 is 1.65 bits per heavy atom. The Hall–Kier alpha value is -7.86. The third-order valence-corrected chi connectivity index (χ3v) is 13.5. The molecule has 62 heavy (non-hydrogen) atoms. The Bertz CT molecular complexity index is 3410. The van der Waals surface area contributed by atoms with Crippen LogP contribution in [-0.2, 0) is 5.41 Å². The molecule has 0 unspecified atom stereocenters. The molecule has 0 amide bonds. The van der Waals surface area contributed by atoms with Crippen LogP contribution >= 0.6 is 11.3 Å². The smallest absolute Gasteiger partial charge is 0.165 e. The summed E-state index contributed by atoms with van der Waals surface area (Å²) in [5, 5.41) is 2.52. The predicted molar refractivity (Wildman–Crippen MR) is 255 cm³/mol. The average molecular weight is 809 g/mol. The Kier molecular flexibility index (Phi) is 8.54. The number of aromatic nitrogens is 4. The van der Waals surface area contributed by atoms with Gasteiger partial charge in [-0.3, -0.25) is 4.98 Å². The molecule has 0 radical (unpaired) electrons.